The van der Waals surface area contributed by atoms with E-state index in [-0.39, 0.29) is 12.1 Å². The van der Waals surface area contributed by atoms with Crippen LogP contribution >= 0.6 is 15.9 Å². The van der Waals surface area contributed by atoms with Crippen molar-refractivity contribution in [2.75, 3.05) is 18.0 Å². The maximum Gasteiger partial charge on any atom is 0.142 e. The van der Waals surface area contributed by atoms with Gasteiger partial charge in [0.2, 0.25) is 0 Å². The minimum Gasteiger partial charge on any atom is -0.390 e. The van der Waals surface area contributed by atoms with E-state index in [4.69, 9.17) is 0 Å². The molecule has 1 aromatic rings. The molecule has 0 radical (unpaired) electrons. The van der Waals surface area contributed by atoms with Gasteiger partial charge in [-0.15, -0.1) is 0 Å². The van der Waals surface area contributed by atoms with Gasteiger partial charge in [0.1, 0.15) is 5.82 Å². The molecule has 1 saturated heterocycles. The van der Waals surface area contributed by atoms with Crippen LogP contribution in [0.2, 0.25) is 0 Å². The number of rotatable bonds is 3. The van der Waals surface area contributed by atoms with Crippen LogP contribution in [0, 0.1) is 6.92 Å². The minimum absolute atomic E-state index is 0.226. The summed E-state index contributed by atoms with van der Waals surface area (Å²) < 4.78 is 1.01. The number of hydrogen-bond donors (Lipinski definition) is 2. The molecule has 22 heavy (non-hydrogen) atoms. The fraction of sp³-hybridized carbons (Fsp3) is 0.706. The largest absolute Gasteiger partial charge is 0.390 e. The fourth-order valence-corrected chi connectivity index (χ4v) is 4.36. The molecule has 1 aliphatic carbocycles. The van der Waals surface area contributed by atoms with Crippen LogP contribution in [-0.4, -0.2) is 41.4 Å². The zero-order valence-electron chi connectivity index (χ0n) is 13.3. The summed E-state index contributed by atoms with van der Waals surface area (Å²) in [7, 11) is 0. The molecule has 0 amide bonds. The van der Waals surface area contributed by atoms with E-state index in [2.05, 4.69) is 37.2 Å². The van der Waals surface area contributed by atoms with Crippen molar-refractivity contribution in [3.63, 3.8) is 0 Å². The Kier molecular flexibility index (Phi) is 5.37. The van der Waals surface area contributed by atoms with Crippen LogP contribution < -0.4 is 10.2 Å². The normalized spacial score (nSPS) is 27.1. The highest BCUT2D eigenvalue weighted by molar-refractivity contribution is 9.10. The molecule has 2 heterocycles. The van der Waals surface area contributed by atoms with E-state index < -0.39 is 0 Å². The average molecular weight is 368 g/mol. The Bertz CT molecular complexity index is 505. The first kappa shape index (κ1) is 16.2. The lowest BCUT2D eigenvalue weighted by Crippen LogP contribution is -2.55. The van der Waals surface area contributed by atoms with Gasteiger partial charge in [0, 0.05) is 31.4 Å². The number of pyridine rings is 1. The predicted octanol–water partition coefficient (Wildman–Crippen LogP) is 3.01. The second kappa shape index (κ2) is 7.28. The molecule has 2 aliphatic rings. The van der Waals surface area contributed by atoms with Crippen LogP contribution in [0.1, 0.15) is 44.1 Å². The Morgan fingerprint density at radius 2 is 2.05 bits per heavy atom. The first-order valence-electron chi connectivity index (χ1n) is 8.44. The number of halogens is 1. The van der Waals surface area contributed by atoms with Crippen LogP contribution in [-0.2, 0) is 0 Å². The lowest BCUT2D eigenvalue weighted by molar-refractivity contribution is 0.103. The van der Waals surface area contributed by atoms with Gasteiger partial charge < -0.3 is 15.3 Å². The van der Waals surface area contributed by atoms with Gasteiger partial charge in [0.15, 0.2) is 0 Å². The summed E-state index contributed by atoms with van der Waals surface area (Å²) in [4.78, 5) is 6.71. The Hall–Kier alpha value is -0.650. The molecular formula is C17H26BrN3O. The van der Waals surface area contributed by atoms with Crippen molar-refractivity contribution >= 4 is 21.7 Å². The van der Waals surface area contributed by atoms with Crippen LogP contribution in [0.4, 0.5) is 5.82 Å². The van der Waals surface area contributed by atoms with Crippen LogP contribution in [0.3, 0.4) is 0 Å². The molecule has 2 fully saturated rings. The van der Waals surface area contributed by atoms with Gasteiger partial charge in [-0.25, -0.2) is 4.98 Å². The highest BCUT2D eigenvalue weighted by atomic mass is 79.9. The molecule has 2 atom stereocenters. The Morgan fingerprint density at radius 3 is 2.73 bits per heavy atom. The van der Waals surface area contributed by atoms with Crippen molar-refractivity contribution in [2.45, 2.75) is 63.6 Å². The highest BCUT2D eigenvalue weighted by Gasteiger charge is 2.30. The van der Waals surface area contributed by atoms with Gasteiger partial charge in [-0.2, -0.15) is 0 Å². The standard InChI is InChI=1S/C17H26BrN3O/c1-12-9-14(18)17(19-10-12)21-8-7-15(16(22)11-21)20-13-5-3-2-4-6-13/h9-10,13,15-16,20,22H,2-8,11H2,1H3. The molecule has 122 valence electrons. The smallest absolute Gasteiger partial charge is 0.142 e. The SMILES string of the molecule is Cc1cnc(N2CCC(NC3CCCCC3)C(O)C2)c(Br)c1. The Balaban J connectivity index is 1.59. The molecule has 1 aliphatic heterocycles. The number of aromatic nitrogens is 1. The van der Waals surface area contributed by atoms with Gasteiger partial charge in [0.05, 0.1) is 10.6 Å². The Labute approximate surface area is 141 Å². The van der Waals surface area contributed by atoms with E-state index in [0.29, 0.717) is 12.6 Å². The maximum absolute atomic E-state index is 10.5. The third-order valence-electron chi connectivity index (χ3n) is 4.89. The summed E-state index contributed by atoms with van der Waals surface area (Å²) >= 11 is 3.60. The summed E-state index contributed by atoms with van der Waals surface area (Å²) in [5.41, 5.74) is 1.14. The molecule has 0 bridgehead atoms. The van der Waals surface area contributed by atoms with Crippen molar-refractivity contribution in [3.05, 3.63) is 22.3 Å². The number of hydrogen-bond acceptors (Lipinski definition) is 4. The zero-order chi connectivity index (χ0) is 15.5. The van der Waals surface area contributed by atoms with Crippen LogP contribution in [0.5, 0.6) is 0 Å². The van der Waals surface area contributed by atoms with E-state index in [1.165, 1.54) is 32.1 Å². The van der Waals surface area contributed by atoms with Crippen LogP contribution in [0.25, 0.3) is 0 Å². The highest BCUT2D eigenvalue weighted by Crippen LogP contribution is 2.28. The summed E-state index contributed by atoms with van der Waals surface area (Å²) in [6.07, 6.45) is 9.08. The van der Waals surface area contributed by atoms with Crippen LogP contribution in [0.15, 0.2) is 16.7 Å². The average Bonchev–Trinajstić information content (AvgIpc) is 2.50. The number of anilines is 1. The summed E-state index contributed by atoms with van der Waals surface area (Å²) in [5, 5.41) is 14.2. The van der Waals surface area contributed by atoms with E-state index in [1.54, 1.807) is 0 Å². The first-order chi connectivity index (χ1) is 10.6. The zero-order valence-corrected chi connectivity index (χ0v) is 14.8. The van der Waals surface area contributed by atoms with Crippen molar-refractivity contribution in [1.82, 2.24) is 10.3 Å². The van der Waals surface area contributed by atoms with Gasteiger partial charge in [-0.1, -0.05) is 19.3 Å². The molecule has 2 unspecified atom stereocenters. The second-order valence-electron chi connectivity index (χ2n) is 6.73. The number of piperidine rings is 1. The monoisotopic (exact) mass is 367 g/mol. The number of aliphatic hydroxyl groups is 1. The molecule has 2 N–H and O–H groups in total. The molecular weight excluding hydrogens is 342 g/mol. The van der Waals surface area contributed by atoms with Gasteiger partial charge in [-0.3, -0.25) is 0 Å². The second-order valence-corrected chi connectivity index (χ2v) is 7.58. The quantitative estimate of drug-likeness (QED) is 0.861. The number of aryl methyl sites for hydroxylation is 1. The van der Waals surface area contributed by atoms with E-state index in [0.717, 1.165) is 28.8 Å². The van der Waals surface area contributed by atoms with E-state index in [9.17, 15) is 5.11 Å². The van der Waals surface area contributed by atoms with Gasteiger partial charge >= 0.3 is 0 Å². The van der Waals surface area contributed by atoms with Crippen molar-refractivity contribution in [3.8, 4) is 0 Å². The third kappa shape index (κ3) is 3.81. The molecule has 3 rings (SSSR count). The number of nitrogens with one attached hydrogen (secondary N) is 1. The van der Waals surface area contributed by atoms with Gasteiger partial charge in [0.25, 0.3) is 0 Å². The predicted molar refractivity (Wildman–Crippen MR) is 93.3 cm³/mol. The molecule has 0 spiro atoms. The first-order valence-corrected chi connectivity index (χ1v) is 9.24. The molecule has 4 nitrogen and oxygen atoms in total. The summed E-state index contributed by atoms with van der Waals surface area (Å²) in [6.45, 7) is 3.63. The van der Waals surface area contributed by atoms with E-state index >= 15 is 0 Å². The lowest BCUT2D eigenvalue weighted by Gasteiger charge is -2.39. The molecule has 0 aromatic carbocycles. The minimum atomic E-state index is -0.328. The molecule has 5 heteroatoms. The number of β-amino-alcohol motifs (C(OH)–C–C–N with tert-alkyl or cyclic N) is 1. The van der Waals surface area contributed by atoms with Crippen molar-refractivity contribution in [2.24, 2.45) is 0 Å². The third-order valence-corrected chi connectivity index (χ3v) is 5.48. The van der Waals surface area contributed by atoms with Gasteiger partial charge in [-0.05, 0) is 53.7 Å². The molecule has 1 aromatic heterocycles. The van der Waals surface area contributed by atoms with Crippen molar-refractivity contribution in [1.29, 1.82) is 0 Å². The Morgan fingerprint density at radius 1 is 1.27 bits per heavy atom. The number of aliphatic hydroxyl groups excluding tert-OH is 1. The summed E-state index contributed by atoms with van der Waals surface area (Å²) in [5.74, 6) is 0.945. The maximum atomic E-state index is 10.5. The van der Waals surface area contributed by atoms with Crippen molar-refractivity contribution < 1.29 is 5.11 Å². The fourth-order valence-electron chi connectivity index (χ4n) is 3.65. The topological polar surface area (TPSA) is 48.4 Å². The lowest BCUT2D eigenvalue weighted by atomic mass is 9.93. The van der Waals surface area contributed by atoms with E-state index in [1.807, 2.05) is 13.1 Å². The summed E-state index contributed by atoms with van der Waals surface area (Å²) in [6, 6.07) is 2.91. The molecule has 1 saturated carbocycles. The number of nitrogens with zero attached hydrogens (tertiary/aromatic N) is 2.